The summed E-state index contributed by atoms with van der Waals surface area (Å²) in [5.41, 5.74) is 7.58. The van der Waals surface area contributed by atoms with Gasteiger partial charge in [0.25, 0.3) is 0 Å². The second-order valence-electron chi connectivity index (χ2n) is 9.45. The Balaban J connectivity index is 1.26. The summed E-state index contributed by atoms with van der Waals surface area (Å²) in [7, 11) is 0. The van der Waals surface area contributed by atoms with Gasteiger partial charge in [0.1, 0.15) is 11.3 Å². The Kier molecular flexibility index (Phi) is 5.35. The highest BCUT2D eigenvalue weighted by atomic mass is 16.5. The molecule has 0 spiro atoms. The van der Waals surface area contributed by atoms with Crippen LogP contribution in [0.5, 0.6) is 5.75 Å². The van der Waals surface area contributed by atoms with Crippen molar-refractivity contribution in [3.8, 4) is 39.8 Å². The average Bonchev–Trinajstić information content (AvgIpc) is 3.58. The van der Waals surface area contributed by atoms with Gasteiger partial charge in [0, 0.05) is 23.5 Å². The Labute approximate surface area is 213 Å². The number of hydrogen-bond donors (Lipinski definition) is 2. The van der Waals surface area contributed by atoms with E-state index in [1.807, 2.05) is 60.8 Å². The van der Waals surface area contributed by atoms with E-state index in [-0.39, 0.29) is 6.10 Å². The fourth-order valence-corrected chi connectivity index (χ4v) is 5.10. The minimum absolute atomic E-state index is 0.269. The van der Waals surface area contributed by atoms with Crippen molar-refractivity contribution >= 4 is 22.1 Å². The fraction of sp³-hybridized carbons (Fsp3) is 0.207. The van der Waals surface area contributed by atoms with Gasteiger partial charge in [-0.2, -0.15) is 5.10 Å². The number of rotatable bonds is 5. The number of nitrogens with one attached hydrogen (secondary N) is 2. The molecule has 8 heteroatoms. The summed E-state index contributed by atoms with van der Waals surface area (Å²) < 4.78 is 6.24. The maximum Gasteiger partial charge on any atom is 0.161 e. The molecule has 0 unspecified atom stereocenters. The van der Waals surface area contributed by atoms with E-state index in [0.29, 0.717) is 11.5 Å². The number of aromatic nitrogens is 7. The second kappa shape index (κ2) is 9.13. The number of pyridine rings is 3. The van der Waals surface area contributed by atoms with Crippen LogP contribution in [-0.4, -0.2) is 41.2 Å². The second-order valence-corrected chi connectivity index (χ2v) is 9.45. The zero-order valence-electron chi connectivity index (χ0n) is 20.2. The molecule has 5 aromatic heterocycles. The molecule has 7 rings (SSSR count). The molecule has 1 aliphatic carbocycles. The number of ether oxygens (including phenoxy) is 1. The average molecular weight is 488 g/mol. The van der Waals surface area contributed by atoms with Gasteiger partial charge in [-0.15, -0.1) is 0 Å². The van der Waals surface area contributed by atoms with Gasteiger partial charge in [-0.3, -0.25) is 15.1 Å². The molecule has 0 atom stereocenters. The van der Waals surface area contributed by atoms with Gasteiger partial charge in [-0.1, -0.05) is 24.6 Å². The molecular formula is C29H25N7O. The van der Waals surface area contributed by atoms with Gasteiger partial charge in [0.05, 0.1) is 40.2 Å². The molecule has 2 N–H and O–H groups in total. The zero-order valence-corrected chi connectivity index (χ0v) is 20.2. The van der Waals surface area contributed by atoms with Crippen molar-refractivity contribution in [3.05, 3.63) is 73.2 Å². The van der Waals surface area contributed by atoms with Gasteiger partial charge >= 0.3 is 0 Å². The Bertz CT molecular complexity index is 1700. The first-order valence-electron chi connectivity index (χ1n) is 12.7. The molecule has 0 bridgehead atoms. The SMILES string of the molecule is c1ccc(-c2cccc3[nH]c(-c4n[nH]c5ccc(-c6cncc(OC7CCCCC7)c6)nc45)nc23)nc1. The molecule has 1 fully saturated rings. The minimum atomic E-state index is 0.269. The topological polar surface area (TPSA) is 105 Å². The highest BCUT2D eigenvalue weighted by Crippen LogP contribution is 2.32. The maximum atomic E-state index is 6.24. The standard InChI is InChI=1S/C29H25N7O/c1-2-7-19(8-3-1)37-20-15-18(16-30-17-20)22-12-13-25-27(32-22)28(36-35-25)29-33-24-11-6-9-21(26(24)34-29)23-10-4-5-14-31-23/h4-6,9-17,19H,1-3,7-8H2,(H,33,34)(H,35,36). The first kappa shape index (κ1) is 21.7. The minimum Gasteiger partial charge on any atom is -0.489 e. The summed E-state index contributed by atoms with van der Waals surface area (Å²) in [5, 5.41) is 7.65. The van der Waals surface area contributed by atoms with Crippen molar-refractivity contribution in [2.75, 3.05) is 0 Å². The van der Waals surface area contributed by atoms with E-state index < -0.39 is 0 Å². The third kappa shape index (κ3) is 4.10. The lowest BCUT2D eigenvalue weighted by molar-refractivity contribution is 0.154. The lowest BCUT2D eigenvalue weighted by Gasteiger charge is -2.22. The van der Waals surface area contributed by atoms with E-state index in [4.69, 9.17) is 14.7 Å². The summed E-state index contributed by atoms with van der Waals surface area (Å²) in [5.74, 6) is 1.44. The third-order valence-corrected chi connectivity index (χ3v) is 6.95. The van der Waals surface area contributed by atoms with Crippen LogP contribution in [-0.2, 0) is 0 Å². The molecule has 0 radical (unpaired) electrons. The normalized spacial score (nSPS) is 14.4. The van der Waals surface area contributed by atoms with E-state index in [1.54, 1.807) is 12.4 Å². The van der Waals surface area contributed by atoms with Crippen molar-refractivity contribution in [1.82, 2.24) is 35.1 Å². The number of imidazole rings is 1. The van der Waals surface area contributed by atoms with Crippen molar-refractivity contribution in [2.24, 2.45) is 0 Å². The van der Waals surface area contributed by atoms with E-state index in [1.165, 1.54) is 19.3 Å². The van der Waals surface area contributed by atoms with Crippen molar-refractivity contribution in [3.63, 3.8) is 0 Å². The largest absolute Gasteiger partial charge is 0.489 e. The number of fused-ring (bicyclic) bond motifs is 2. The number of benzene rings is 1. The Morgan fingerprint density at radius 1 is 0.811 bits per heavy atom. The molecule has 1 aromatic carbocycles. The van der Waals surface area contributed by atoms with E-state index >= 15 is 0 Å². The van der Waals surface area contributed by atoms with Crippen LogP contribution >= 0.6 is 0 Å². The van der Waals surface area contributed by atoms with Gasteiger partial charge in [0.15, 0.2) is 11.5 Å². The summed E-state index contributed by atoms with van der Waals surface area (Å²) in [6.45, 7) is 0. The highest BCUT2D eigenvalue weighted by molar-refractivity contribution is 5.95. The first-order valence-corrected chi connectivity index (χ1v) is 12.7. The number of aromatic amines is 2. The van der Waals surface area contributed by atoms with E-state index in [9.17, 15) is 0 Å². The van der Waals surface area contributed by atoms with Crippen molar-refractivity contribution in [1.29, 1.82) is 0 Å². The third-order valence-electron chi connectivity index (χ3n) is 6.95. The van der Waals surface area contributed by atoms with Crippen LogP contribution < -0.4 is 4.74 Å². The quantitative estimate of drug-likeness (QED) is 0.294. The summed E-state index contributed by atoms with van der Waals surface area (Å²) in [6, 6.07) is 17.9. The number of nitrogens with zero attached hydrogens (tertiary/aromatic N) is 5. The molecule has 0 amide bonds. The van der Waals surface area contributed by atoms with Crippen LogP contribution in [0.1, 0.15) is 32.1 Å². The fourth-order valence-electron chi connectivity index (χ4n) is 5.10. The van der Waals surface area contributed by atoms with Crippen LogP contribution in [0.25, 0.3) is 56.1 Å². The molecule has 6 aromatic rings. The smallest absolute Gasteiger partial charge is 0.161 e. The molecule has 1 aliphatic rings. The van der Waals surface area contributed by atoms with Gasteiger partial charge < -0.3 is 9.72 Å². The monoisotopic (exact) mass is 487 g/mol. The molecule has 1 saturated carbocycles. The number of para-hydroxylation sites is 1. The predicted octanol–water partition coefficient (Wildman–Crippen LogP) is 6.34. The summed E-state index contributed by atoms with van der Waals surface area (Å²) >= 11 is 0. The van der Waals surface area contributed by atoms with E-state index in [0.717, 1.165) is 63.2 Å². The van der Waals surface area contributed by atoms with Crippen LogP contribution in [0.2, 0.25) is 0 Å². The lowest BCUT2D eigenvalue weighted by atomic mass is 9.98. The van der Waals surface area contributed by atoms with Crippen LogP contribution in [0.4, 0.5) is 0 Å². The Morgan fingerprint density at radius 3 is 2.65 bits per heavy atom. The molecule has 182 valence electrons. The zero-order chi connectivity index (χ0) is 24.6. The van der Waals surface area contributed by atoms with Crippen molar-refractivity contribution in [2.45, 2.75) is 38.2 Å². The Hall–Kier alpha value is -4.59. The lowest BCUT2D eigenvalue weighted by Crippen LogP contribution is -2.19. The van der Waals surface area contributed by atoms with Crippen LogP contribution in [0, 0.1) is 0 Å². The first-order chi connectivity index (χ1) is 18.3. The molecule has 0 aliphatic heterocycles. The summed E-state index contributed by atoms with van der Waals surface area (Å²) in [6.07, 6.45) is 11.6. The molecule has 0 saturated heterocycles. The number of hydrogen-bond acceptors (Lipinski definition) is 6. The van der Waals surface area contributed by atoms with Gasteiger partial charge in [-0.25, -0.2) is 9.97 Å². The Morgan fingerprint density at radius 2 is 1.76 bits per heavy atom. The summed E-state index contributed by atoms with van der Waals surface area (Å²) in [4.78, 5) is 22.2. The maximum absolute atomic E-state index is 6.24. The predicted molar refractivity (Wildman–Crippen MR) is 143 cm³/mol. The molecule has 8 nitrogen and oxygen atoms in total. The van der Waals surface area contributed by atoms with Crippen LogP contribution in [0.3, 0.4) is 0 Å². The van der Waals surface area contributed by atoms with Gasteiger partial charge in [-0.05, 0) is 62.1 Å². The van der Waals surface area contributed by atoms with Crippen molar-refractivity contribution < 1.29 is 4.74 Å². The van der Waals surface area contributed by atoms with Crippen LogP contribution in [0.15, 0.2) is 73.2 Å². The van der Waals surface area contributed by atoms with Gasteiger partial charge in [0.2, 0.25) is 0 Å². The number of H-pyrrole nitrogens is 2. The molecule has 5 heterocycles. The van der Waals surface area contributed by atoms with E-state index in [2.05, 4.69) is 25.1 Å². The molecular weight excluding hydrogens is 462 g/mol. The highest BCUT2D eigenvalue weighted by Gasteiger charge is 2.18. The molecule has 37 heavy (non-hydrogen) atoms.